The summed E-state index contributed by atoms with van der Waals surface area (Å²) in [7, 11) is 3.05. The van der Waals surface area contributed by atoms with Crippen LogP contribution in [0.25, 0.3) is 0 Å². The van der Waals surface area contributed by atoms with Gasteiger partial charge in [-0.2, -0.15) is 0 Å². The van der Waals surface area contributed by atoms with E-state index in [2.05, 4.69) is 0 Å². The molecule has 0 aliphatic heterocycles. The normalized spacial score (nSPS) is 12.2. The summed E-state index contributed by atoms with van der Waals surface area (Å²) < 4.78 is 10.0. The first-order valence-corrected chi connectivity index (χ1v) is 4.74. The Morgan fingerprint density at radius 3 is 2.69 bits per heavy atom. The first-order chi connectivity index (χ1) is 7.60. The minimum atomic E-state index is -1.09. The van der Waals surface area contributed by atoms with Crippen molar-refractivity contribution >= 4 is 5.97 Å². The zero-order chi connectivity index (χ0) is 12.1. The molecule has 1 atom stereocenters. The van der Waals surface area contributed by atoms with E-state index in [9.17, 15) is 4.79 Å². The second-order valence-corrected chi connectivity index (χ2v) is 3.33. The molecule has 0 radical (unpaired) electrons. The lowest BCUT2D eigenvalue weighted by Gasteiger charge is -2.13. The number of aliphatic carboxylic acids is 1. The van der Waals surface area contributed by atoms with Crippen molar-refractivity contribution in [2.24, 2.45) is 5.73 Å². The Balaban J connectivity index is 3.11. The van der Waals surface area contributed by atoms with Crippen LogP contribution < -0.4 is 10.5 Å². The van der Waals surface area contributed by atoms with Crippen LogP contribution in [-0.4, -0.2) is 25.3 Å². The van der Waals surface area contributed by atoms with Gasteiger partial charge in [0.1, 0.15) is 11.8 Å². The molecule has 0 fully saturated rings. The van der Waals surface area contributed by atoms with Gasteiger partial charge in [-0.3, -0.25) is 4.79 Å². The van der Waals surface area contributed by atoms with E-state index < -0.39 is 12.0 Å². The molecule has 0 saturated carbocycles. The summed E-state index contributed by atoms with van der Waals surface area (Å²) in [5, 5.41) is 8.86. The van der Waals surface area contributed by atoms with Crippen molar-refractivity contribution in [3.05, 3.63) is 29.3 Å². The van der Waals surface area contributed by atoms with Gasteiger partial charge in [0.15, 0.2) is 0 Å². The van der Waals surface area contributed by atoms with Crippen LogP contribution in [0.5, 0.6) is 5.75 Å². The maximum Gasteiger partial charge on any atom is 0.325 e. The second-order valence-electron chi connectivity index (χ2n) is 3.33. The summed E-state index contributed by atoms with van der Waals surface area (Å²) >= 11 is 0. The van der Waals surface area contributed by atoms with Gasteiger partial charge in [0, 0.05) is 12.7 Å². The van der Waals surface area contributed by atoms with Crippen LogP contribution >= 0.6 is 0 Å². The standard InChI is InChI=1S/C11H15NO4/c1-15-6-7-3-4-9(16-2)8(5-7)10(12)11(13)14/h3-5,10H,6,12H2,1-2H3,(H,13,14). The summed E-state index contributed by atoms with van der Waals surface area (Å²) in [5.41, 5.74) is 6.86. The molecule has 88 valence electrons. The van der Waals surface area contributed by atoms with Gasteiger partial charge in [-0.1, -0.05) is 6.07 Å². The Labute approximate surface area is 93.8 Å². The molecule has 0 saturated heterocycles. The summed E-state index contributed by atoms with van der Waals surface area (Å²) in [6.07, 6.45) is 0. The number of nitrogens with two attached hydrogens (primary N) is 1. The molecule has 0 aliphatic rings. The predicted octanol–water partition coefficient (Wildman–Crippen LogP) is 0.926. The smallest absolute Gasteiger partial charge is 0.325 e. The van der Waals surface area contributed by atoms with Crippen LogP contribution in [0.3, 0.4) is 0 Å². The highest BCUT2D eigenvalue weighted by Gasteiger charge is 2.19. The van der Waals surface area contributed by atoms with Crippen LogP contribution in [0.15, 0.2) is 18.2 Å². The van der Waals surface area contributed by atoms with Crippen molar-refractivity contribution in [1.82, 2.24) is 0 Å². The van der Waals surface area contributed by atoms with E-state index in [4.69, 9.17) is 20.3 Å². The number of carbonyl (C=O) groups is 1. The van der Waals surface area contributed by atoms with Gasteiger partial charge in [0.05, 0.1) is 13.7 Å². The van der Waals surface area contributed by atoms with Crippen LogP contribution in [0, 0.1) is 0 Å². The molecule has 16 heavy (non-hydrogen) atoms. The topological polar surface area (TPSA) is 81.8 Å². The lowest BCUT2D eigenvalue weighted by molar-refractivity contribution is -0.138. The lowest BCUT2D eigenvalue weighted by atomic mass is 10.0. The highest BCUT2D eigenvalue weighted by Crippen LogP contribution is 2.25. The van der Waals surface area contributed by atoms with Crippen LogP contribution in [-0.2, 0) is 16.1 Å². The van der Waals surface area contributed by atoms with Gasteiger partial charge in [-0.05, 0) is 17.7 Å². The van der Waals surface area contributed by atoms with Crippen LogP contribution in [0.4, 0.5) is 0 Å². The number of methoxy groups -OCH3 is 2. The van der Waals surface area contributed by atoms with Crippen LogP contribution in [0.1, 0.15) is 17.2 Å². The Kier molecular flexibility index (Phi) is 4.28. The molecule has 1 aromatic carbocycles. The van der Waals surface area contributed by atoms with Crippen molar-refractivity contribution in [3.63, 3.8) is 0 Å². The Bertz CT molecular complexity index is 378. The summed E-state index contributed by atoms with van der Waals surface area (Å²) in [4.78, 5) is 10.8. The van der Waals surface area contributed by atoms with Crippen molar-refractivity contribution in [3.8, 4) is 5.75 Å². The number of carboxylic acid groups (broad SMARTS) is 1. The third-order valence-corrected chi connectivity index (χ3v) is 2.21. The van der Waals surface area contributed by atoms with Crippen molar-refractivity contribution in [2.75, 3.05) is 14.2 Å². The molecule has 0 aromatic heterocycles. The number of rotatable bonds is 5. The van der Waals surface area contributed by atoms with Crippen molar-refractivity contribution < 1.29 is 19.4 Å². The fraction of sp³-hybridized carbons (Fsp3) is 0.364. The van der Waals surface area contributed by atoms with Gasteiger partial charge in [0.25, 0.3) is 0 Å². The molecule has 0 aliphatic carbocycles. The first kappa shape index (κ1) is 12.5. The molecular formula is C11H15NO4. The molecule has 0 amide bonds. The van der Waals surface area contributed by atoms with Crippen LogP contribution in [0.2, 0.25) is 0 Å². The molecular weight excluding hydrogens is 210 g/mol. The Morgan fingerprint density at radius 2 is 2.19 bits per heavy atom. The average molecular weight is 225 g/mol. The second kappa shape index (κ2) is 5.48. The number of hydrogen-bond donors (Lipinski definition) is 2. The Hall–Kier alpha value is -1.59. The van der Waals surface area contributed by atoms with Gasteiger partial charge < -0.3 is 20.3 Å². The highest BCUT2D eigenvalue weighted by molar-refractivity contribution is 5.76. The third kappa shape index (κ3) is 2.71. The maximum absolute atomic E-state index is 10.8. The zero-order valence-corrected chi connectivity index (χ0v) is 9.27. The quantitative estimate of drug-likeness (QED) is 0.778. The van der Waals surface area contributed by atoms with Gasteiger partial charge in [-0.15, -0.1) is 0 Å². The lowest BCUT2D eigenvalue weighted by Crippen LogP contribution is -2.21. The number of ether oxygens (including phenoxy) is 2. The molecule has 5 heteroatoms. The molecule has 1 rings (SSSR count). The van der Waals surface area contributed by atoms with Gasteiger partial charge in [-0.25, -0.2) is 0 Å². The van der Waals surface area contributed by atoms with E-state index in [1.54, 1.807) is 25.3 Å². The average Bonchev–Trinajstić information content (AvgIpc) is 2.28. The number of benzene rings is 1. The van der Waals surface area contributed by atoms with E-state index >= 15 is 0 Å². The van der Waals surface area contributed by atoms with Gasteiger partial charge >= 0.3 is 5.97 Å². The highest BCUT2D eigenvalue weighted by atomic mass is 16.5. The summed E-state index contributed by atoms with van der Waals surface area (Å²) in [6, 6.07) is 4.08. The maximum atomic E-state index is 10.8. The largest absolute Gasteiger partial charge is 0.496 e. The third-order valence-electron chi connectivity index (χ3n) is 2.21. The molecule has 1 aromatic rings. The predicted molar refractivity (Wildman–Crippen MR) is 58.3 cm³/mol. The summed E-state index contributed by atoms with van der Waals surface area (Å²) in [6.45, 7) is 0.406. The minimum Gasteiger partial charge on any atom is -0.496 e. The zero-order valence-electron chi connectivity index (χ0n) is 9.27. The van der Waals surface area contributed by atoms with E-state index in [-0.39, 0.29) is 0 Å². The monoisotopic (exact) mass is 225 g/mol. The Morgan fingerprint density at radius 1 is 1.50 bits per heavy atom. The minimum absolute atomic E-state index is 0.406. The van der Waals surface area contributed by atoms with Crippen molar-refractivity contribution in [1.29, 1.82) is 0 Å². The van der Waals surface area contributed by atoms with E-state index in [1.165, 1.54) is 7.11 Å². The number of carboxylic acids is 1. The SMILES string of the molecule is COCc1ccc(OC)c(C(N)C(=O)O)c1. The number of hydrogen-bond acceptors (Lipinski definition) is 4. The first-order valence-electron chi connectivity index (χ1n) is 4.74. The molecule has 5 nitrogen and oxygen atoms in total. The summed E-state index contributed by atoms with van der Waals surface area (Å²) in [5.74, 6) is -0.623. The molecule has 3 N–H and O–H groups in total. The molecule has 0 bridgehead atoms. The molecule has 0 heterocycles. The fourth-order valence-electron chi connectivity index (χ4n) is 1.42. The van der Waals surface area contributed by atoms with E-state index in [1.807, 2.05) is 0 Å². The van der Waals surface area contributed by atoms with Gasteiger partial charge in [0.2, 0.25) is 0 Å². The van der Waals surface area contributed by atoms with E-state index in [0.29, 0.717) is 17.9 Å². The van der Waals surface area contributed by atoms with Crippen molar-refractivity contribution in [2.45, 2.75) is 12.6 Å². The molecule has 1 unspecified atom stereocenters. The fourth-order valence-corrected chi connectivity index (χ4v) is 1.42. The molecule has 0 spiro atoms. The van der Waals surface area contributed by atoms with E-state index in [0.717, 1.165) is 5.56 Å².